The van der Waals surface area contributed by atoms with Crippen molar-refractivity contribution in [3.8, 4) is 0 Å². The first-order valence-electron chi connectivity index (χ1n) is 3.62. The zero-order chi connectivity index (χ0) is 7.40. The predicted octanol–water partition coefficient (Wildman–Crippen LogP) is 1.15. The smallest absolute Gasteiger partial charge is 0.0224 e. The van der Waals surface area contributed by atoms with Crippen LogP contribution in [0, 0.1) is 5.92 Å². The van der Waals surface area contributed by atoms with E-state index in [1.54, 1.807) is 0 Å². The van der Waals surface area contributed by atoms with Gasteiger partial charge in [0.1, 0.15) is 0 Å². The van der Waals surface area contributed by atoms with Crippen LogP contribution < -0.4 is 0 Å². The van der Waals surface area contributed by atoms with Crippen molar-refractivity contribution in [3.05, 3.63) is 12.3 Å². The largest absolute Gasteiger partial charge is 0.309 e. The fourth-order valence-corrected chi connectivity index (χ4v) is 1.12. The van der Waals surface area contributed by atoms with Gasteiger partial charge in [-0.1, -0.05) is 6.08 Å². The first kappa shape index (κ1) is 7.48. The Morgan fingerprint density at radius 2 is 2.40 bits per heavy atom. The summed E-state index contributed by atoms with van der Waals surface area (Å²) in [5, 5.41) is 0. The lowest BCUT2D eigenvalue weighted by molar-refractivity contribution is 0.372. The highest BCUT2D eigenvalue weighted by Gasteiger charge is 2.06. The van der Waals surface area contributed by atoms with Crippen LogP contribution in [-0.2, 0) is 0 Å². The Labute approximate surface area is 62.3 Å². The summed E-state index contributed by atoms with van der Waals surface area (Å²) in [4.78, 5) is 6.27. The predicted molar refractivity (Wildman–Crippen MR) is 44.3 cm³/mol. The molecule has 0 aromatic rings. The number of aliphatic imine (C=N–C) groups is 1. The molecule has 1 unspecified atom stereocenters. The maximum absolute atomic E-state index is 4.08. The van der Waals surface area contributed by atoms with Gasteiger partial charge in [-0.25, -0.2) is 0 Å². The molecule has 0 aromatic heterocycles. The van der Waals surface area contributed by atoms with E-state index in [0.29, 0.717) is 5.92 Å². The molecule has 2 heteroatoms. The first-order chi connectivity index (χ1) is 4.79. The van der Waals surface area contributed by atoms with Crippen molar-refractivity contribution in [1.29, 1.82) is 0 Å². The van der Waals surface area contributed by atoms with Gasteiger partial charge in [0.05, 0.1) is 0 Å². The van der Waals surface area contributed by atoms with Gasteiger partial charge >= 0.3 is 0 Å². The van der Waals surface area contributed by atoms with Crippen LogP contribution in [0.25, 0.3) is 0 Å². The van der Waals surface area contributed by atoms with Crippen LogP contribution in [-0.4, -0.2) is 31.8 Å². The topological polar surface area (TPSA) is 15.6 Å². The Hall–Kier alpha value is -0.630. The summed E-state index contributed by atoms with van der Waals surface area (Å²) in [5.74, 6) is 0.625. The molecule has 1 heterocycles. The molecule has 0 saturated heterocycles. The lowest BCUT2D eigenvalue weighted by atomic mass is 10.1. The molecule has 0 bridgehead atoms. The Bertz CT molecular complexity index is 147. The minimum Gasteiger partial charge on any atom is -0.309 e. The summed E-state index contributed by atoms with van der Waals surface area (Å²) in [6.07, 6.45) is 7.15. The maximum Gasteiger partial charge on any atom is 0.0224 e. The fraction of sp³-hybridized carbons (Fsp3) is 0.625. The molecule has 1 aliphatic rings. The molecule has 1 aliphatic heterocycles. The van der Waals surface area contributed by atoms with Crippen molar-refractivity contribution in [3.63, 3.8) is 0 Å². The molecule has 0 aliphatic carbocycles. The summed E-state index contributed by atoms with van der Waals surface area (Å²) in [6, 6.07) is 0. The number of hydrogen-bond donors (Lipinski definition) is 0. The molecule has 1 rings (SSSR count). The third-order valence-electron chi connectivity index (χ3n) is 1.53. The average molecular weight is 138 g/mol. The number of rotatable bonds is 2. The van der Waals surface area contributed by atoms with Gasteiger partial charge in [0.25, 0.3) is 0 Å². The molecule has 0 fully saturated rings. The molecule has 0 spiro atoms. The van der Waals surface area contributed by atoms with Gasteiger partial charge < -0.3 is 4.90 Å². The van der Waals surface area contributed by atoms with Crippen molar-refractivity contribution in [2.45, 2.75) is 6.42 Å². The molecule has 2 nitrogen and oxygen atoms in total. The van der Waals surface area contributed by atoms with Gasteiger partial charge in [0.2, 0.25) is 0 Å². The third kappa shape index (κ3) is 2.31. The van der Waals surface area contributed by atoms with Crippen molar-refractivity contribution >= 4 is 6.21 Å². The standard InChI is InChI=1S/C8H14N2/c1-10(2)7-8-4-3-5-9-6-8/h3,5-6,8H,4,7H2,1-2H3. The summed E-state index contributed by atoms with van der Waals surface area (Å²) >= 11 is 0. The number of allylic oxidation sites excluding steroid dienone is 1. The van der Waals surface area contributed by atoms with Crippen molar-refractivity contribution < 1.29 is 0 Å². The van der Waals surface area contributed by atoms with Crippen LogP contribution in [0.15, 0.2) is 17.3 Å². The van der Waals surface area contributed by atoms with Gasteiger partial charge in [0, 0.05) is 24.9 Å². The second kappa shape index (κ2) is 3.52. The Morgan fingerprint density at radius 1 is 1.60 bits per heavy atom. The van der Waals surface area contributed by atoms with Crippen LogP contribution in [0.3, 0.4) is 0 Å². The molecular weight excluding hydrogens is 124 g/mol. The Morgan fingerprint density at radius 3 is 2.90 bits per heavy atom. The van der Waals surface area contributed by atoms with E-state index in [1.807, 2.05) is 12.4 Å². The van der Waals surface area contributed by atoms with E-state index in [2.05, 4.69) is 30.1 Å². The zero-order valence-electron chi connectivity index (χ0n) is 6.62. The molecular formula is C8H14N2. The van der Waals surface area contributed by atoms with E-state index in [1.165, 1.54) is 0 Å². The summed E-state index contributed by atoms with van der Waals surface area (Å²) in [7, 11) is 4.18. The molecule has 0 radical (unpaired) electrons. The first-order valence-corrected chi connectivity index (χ1v) is 3.62. The minimum absolute atomic E-state index is 0.625. The number of nitrogens with zero attached hydrogens (tertiary/aromatic N) is 2. The van der Waals surface area contributed by atoms with E-state index in [9.17, 15) is 0 Å². The van der Waals surface area contributed by atoms with Crippen LogP contribution in [0.2, 0.25) is 0 Å². The van der Waals surface area contributed by atoms with E-state index in [4.69, 9.17) is 0 Å². The van der Waals surface area contributed by atoms with Crippen LogP contribution in [0.4, 0.5) is 0 Å². The lowest BCUT2D eigenvalue weighted by Gasteiger charge is -2.16. The SMILES string of the molecule is CN(C)CC1C=NC=CC1. The van der Waals surface area contributed by atoms with Gasteiger partial charge in [-0.2, -0.15) is 0 Å². The van der Waals surface area contributed by atoms with Crippen LogP contribution in [0.1, 0.15) is 6.42 Å². The molecule has 56 valence electrons. The highest BCUT2D eigenvalue weighted by atomic mass is 15.1. The Kier molecular flexibility index (Phi) is 2.63. The monoisotopic (exact) mass is 138 g/mol. The molecule has 0 N–H and O–H groups in total. The van der Waals surface area contributed by atoms with Crippen molar-refractivity contribution in [2.24, 2.45) is 10.9 Å². The van der Waals surface area contributed by atoms with E-state index < -0.39 is 0 Å². The minimum atomic E-state index is 0.625. The van der Waals surface area contributed by atoms with Crippen molar-refractivity contribution in [1.82, 2.24) is 4.90 Å². The van der Waals surface area contributed by atoms with Crippen LogP contribution >= 0.6 is 0 Å². The van der Waals surface area contributed by atoms with E-state index in [0.717, 1.165) is 13.0 Å². The lowest BCUT2D eigenvalue weighted by Crippen LogP contribution is -2.22. The zero-order valence-corrected chi connectivity index (χ0v) is 6.62. The second-order valence-corrected chi connectivity index (χ2v) is 2.94. The Balaban J connectivity index is 2.30. The van der Waals surface area contributed by atoms with Gasteiger partial charge in [-0.15, -0.1) is 0 Å². The normalized spacial score (nSPS) is 24.1. The van der Waals surface area contributed by atoms with Gasteiger partial charge in [-0.3, -0.25) is 4.99 Å². The second-order valence-electron chi connectivity index (χ2n) is 2.94. The van der Waals surface area contributed by atoms with Crippen molar-refractivity contribution in [2.75, 3.05) is 20.6 Å². The molecule has 10 heavy (non-hydrogen) atoms. The van der Waals surface area contributed by atoms with Gasteiger partial charge in [0.15, 0.2) is 0 Å². The fourth-order valence-electron chi connectivity index (χ4n) is 1.12. The summed E-state index contributed by atoms with van der Waals surface area (Å²) < 4.78 is 0. The molecule has 1 atom stereocenters. The van der Waals surface area contributed by atoms with E-state index >= 15 is 0 Å². The number of hydrogen-bond acceptors (Lipinski definition) is 2. The van der Waals surface area contributed by atoms with Crippen LogP contribution in [0.5, 0.6) is 0 Å². The van der Waals surface area contributed by atoms with E-state index in [-0.39, 0.29) is 0 Å². The highest BCUT2D eigenvalue weighted by molar-refractivity contribution is 5.63. The highest BCUT2D eigenvalue weighted by Crippen LogP contribution is 2.06. The quantitative estimate of drug-likeness (QED) is 0.559. The summed E-state index contributed by atoms with van der Waals surface area (Å²) in [6.45, 7) is 1.10. The average Bonchev–Trinajstić information content (AvgIpc) is 1.88. The molecule has 0 saturated carbocycles. The molecule has 0 aromatic carbocycles. The molecule has 0 amide bonds. The third-order valence-corrected chi connectivity index (χ3v) is 1.53. The maximum atomic E-state index is 4.08. The van der Waals surface area contributed by atoms with Gasteiger partial charge in [-0.05, 0) is 20.5 Å². The summed E-state index contributed by atoms with van der Waals surface area (Å²) in [5.41, 5.74) is 0.